The van der Waals surface area contributed by atoms with Gasteiger partial charge in [-0.3, -0.25) is 4.79 Å². The lowest BCUT2D eigenvalue weighted by Crippen LogP contribution is -2.30. The van der Waals surface area contributed by atoms with Gasteiger partial charge in [0.15, 0.2) is 0 Å². The molecule has 0 saturated heterocycles. The number of ether oxygens (including phenoxy) is 1. The van der Waals surface area contributed by atoms with E-state index in [1.165, 1.54) is 6.08 Å². The van der Waals surface area contributed by atoms with Crippen LogP contribution in [0.2, 0.25) is 0 Å². The predicted octanol–water partition coefficient (Wildman–Crippen LogP) is 2.57. The number of hydrogen-bond donors (Lipinski definition) is 1. The molecule has 0 radical (unpaired) electrons. The van der Waals surface area contributed by atoms with E-state index in [9.17, 15) is 4.79 Å². The highest BCUT2D eigenvalue weighted by atomic mass is 79.9. The van der Waals surface area contributed by atoms with E-state index in [2.05, 4.69) is 27.8 Å². The highest BCUT2D eigenvalue weighted by Crippen LogP contribution is 2.33. The molecule has 0 aliphatic carbocycles. The molecule has 1 N–H and O–H groups in total. The van der Waals surface area contributed by atoms with Crippen molar-refractivity contribution in [1.29, 1.82) is 0 Å². The summed E-state index contributed by atoms with van der Waals surface area (Å²) in [4.78, 5) is 11.3. The highest BCUT2D eigenvalue weighted by molar-refractivity contribution is 9.10. The van der Waals surface area contributed by atoms with Crippen LogP contribution in [0, 0.1) is 0 Å². The van der Waals surface area contributed by atoms with Crippen molar-refractivity contribution >= 4 is 21.8 Å². The van der Waals surface area contributed by atoms with Crippen LogP contribution in [0.4, 0.5) is 0 Å². The molecule has 0 saturated carbocycles. The summed E-state index contributed by atoms with van der Waals surface area (Å²) in [6.07, 6.45) is 2.07. The Labute approximate surface area is 103 Å². The summed E-state index contributed by atoms with van der Waals surface area (Å²) < 4.78 is 6.51. The number of carbonyl (C=O) groups excluding carboxylic acids is 1. The van der Waals surface area contributed by atoms with Crippen LogP contribution in [0.25, 0.3) is 0 Å². The number of rotatable bonds is 2. The van der Waals surface area contributed by atoms with Crippen molar-refractivity contribution in [2.75, 3.05) is 6.61 Å². The van der Waals surface area contributed by atoms with Gasteiger partial charge in [0.1, 0.15) is 5.75 Å². The van der Waals surface area contributed by atoms with Gasteiger partial charge in [0.25, 0.3) is 0 Å². The first-order valence-corrected chi connectivity index (χ1v) is 5.85. The van der Waals surface area contributed by atoms with Crippen LogP contribution < -0.4 is 10.1 Å². The SMILES string of the molecule is C=CC(=O)N[C@@H]1CCOc2ccc(Br)cc21. The molecule has 1 atom stereocenters. The Kier molecular flexibility index (Phi) is 3.29. The van der Waals surface area contributed by atoms with Gasteiger partial charge in [-0.05, 0) is 24.3 Å². The van der Waals surface area contributed by atoms with Gasteiger partial charge >= 0.3 is 0 Å². The molecule has 2 rings (SSSR count). The van der Waals surface area contributed by atoms with Crippen molar-refractivity contribution in [1.82, 2.24) is 5.32 Å². The van der Waals surface area contributed by atoms with Gasteiger partial charge < -0.3 is 10.1 Å². The third kappa shape index (κ3) is 2.27. The Hall–Kier alpha value is -1.29. The molecule has 0 aromatic heterocycles. The molecule has 1 aromatic carbocycles. The van der Waals surface area contributed by atoms with E-state index in [1.807, 2.05) is 18.2 Å². The zero-order valence-corrected chi connectivity index (χ0v) is 10.3. The first-order valence-electron chi connectivity index (χ1n) is 5.06. The van der Waals surface area contributed by atoms with E-state index >= 15 is 0 Å². The minimum Gasteiger partial charge on any atom is -0.493 e. The van der Waals surface area contributed by atoms with Crippen LogP contribution in [0.15, 0.2) is 35.3 Å². The summed E-state index contributed by atoms with van der Waals surface area (Å²) >= 11 is 3.41. The quantitative estimate of drug-likeness (QED) is 0.847. The Morgan fingerprint density at radius 3 is 3.19 bits per heavy atom. The fourth-order valence-corrected chi connectivity index (χ4v) is 2.12. The molecule has 1 aromatic rings. The Morgan fingerprint density at radius 2 is 2.44 bits per heavy atom. The highest BCUT2D eigenvalue weighted by Gasteiger charge is 2.22. The van der Waals surface area contributed by atoms with E-state index < -0.39 is 0 Å². The fraction of sp³-hybridized carbons (Fsp3) is 0.250. The Morgan fingerprint density at radius 1 is 1.62 bits per heavy atom. The van der Waals surface area contributed by atoms with Crippen LogP contribution in [-0.4, -0.2) is 12.5 Å². The monoisotopic (exact) mass is 281 g/mol. The van der Waals surface area contributed by atoms with Crippen LogP contribution in [0.3, 0.4) is 0 Å². The zero-order chi connectivity index (χ0) is 11.5. The van der Waals surface area contributed by atoms with Gasteiger partial charge in [-0.1, -0.05) is 22.5 Å². The molecule has 0 unspecified atom stereocenters. The summed E-state index contributed by atoms with van der Waals surface area (Å²) in [6, 6.07) is 5.82. The van der Waals surface area contributed by atoms with E-state index in [0.29, 0.717) is 6.61 Å². The summed E-state index contributed by atoms with van der Waals surface area (Å²) in [6.45, 7) is 4.07. The van der Waals surface area contributed by atoms with Crippen molar-refractivity contribution in [3.63, 3.8) is 0 Å². The third-order valence-corrected chi connectivity index (χ3v) is 3.01. The second-order valence-electron chi connectivity index (χ2n) is 3.58. The Balaban J connectivity index is 2.28. The molecule has 1 aliphatic heterocycles. The van der Waals surface area contributed by atoms with Gasteiger partial charge in [-0.2, -0.15) is 0 Å². The van der Waals surface area contributed by atoms with E-state index in [1.54, 1.807) is 0 Å². The molecule has 1 heterocycles. The van der Waals surface area contributed by atoms with Gasteiger partial charge in [0.05, 0.1) is 12.6 Å². The predicted molar refractivity (Wildman–Crippen MR) is 65.3 cm³/mol. The lowest BCUT2D eigenvalue weighted by Gasteiger charge is -2.26. The van der Waals surface area contributed by atoms with Crippen LogP contribution in [0.5, 0.6) is 5.75 Å². The normalized spacial score (nSPS) is 18.2. The second-order valence-corrected chi connectivity index (χ2v) is 4.50. The molecular formula is C12H12BrNO2. The summed E-state index contributed by atoms with van der Waals surface area (Å²) in [7, 11) is 0. The molecule has 0 fully saturated rings. The smallest absolute Gasteiger partial charge is 0.243 e. The first-order chi connectivity index (χ1) is 7.70. The maximum absolute atomic E-state index is 11.3. The molecular weight excluding hydrogens is 270 g/mol. The number of fused-ring (bicyclic) bond motifs is 1. The zero-order valence-electron chi connectivity index (χ0n) is 8.70. The molecule has 1 amide bonds. The molecule has 3 nitrogen and oxygen atoms in total. The molecule has 84 valence electrons. The molecule has 0 bridgehead atoms. The van der Waals surface area contributed by atoms with Crippen molar-refractivity contribution in [2.45, 2.75) is 12.5 Å². The van der Waals surface area contributed by atoms with Crippen LogP contribution >= 0.6 is 15.9 Å². The van der Waals surface area contributed by atoms with Gasteiger partial charge in [0.2, 0.25) is 5.91 Å². The number of nitrogens with one attached hydrogen (secondary N) is 1. The van der Waals surface area contributed by atoms with E-state index in [4.69, 9.17) is 4.74 Å². The summed E-state index contributed by atoms with van der Waals surface area (Å²) in [5.74, 6) is 0.682. The third-order valence-electron chi connectivity index (χ3n) is 2.51. The number of hydrogen-bond acceptors (Lipinski definition) is 2. The number of halogens is 1. The standard InChI is InChI=1S/C12H12BrNO2/c1-2-12(15)14-10-5-6-16-11-4-3-8(13)7-9(10)11/h2-4,7,10H,1,5-6H2,(H,14,15)/t10-/m1/s1. The van der Waals surface area contributed by atoms with Crippen LogP contribution in [-0.2, 0) is 4.79 Å². The van der Waals surface area contributed by atoms with E-state index in [0.717, 1.165) is 22.2 Å². The number of carbonyl (C=O) groups is 1. The maximum Gasteiger partial charge on any atom is 0.243 e. The molecule has 0 spiro atoms. The lowest BCUT2D eigenvalue weighted by atomic mass is 10.0. The molecule has 1 aliphatic rings. The molecule has 4 heteroatoms. The lowest BCUT2D eigenvalue weighted by molar-refractivity contribution is -0.117. The topological polar surface area (TPSA) is 38.3 Å². The number of amides is 1. The minimum atomic E-state index is -0.155. The van der Waals surface area contributed by atoms with E-state index in [-0.39, 0.29) is 11.9 Å². The van der Waals surface area contributed by atoms with Gasteiger partial charge in [0, 0.05) is 16.5 Å². The second kappa shape index (κ2) is 4.70. The largest absolute Gasteiger partial charge is 0.493 e. The van der Waals surface area contributed by atoms with Crippen molar-refractivity contribution in [3.8, 4) is 5.75 Å². The van der Waals surface area contributed by atoms with Crippen molar-refractivity contribution < 1.29 is 9.53 Å². The average Bonchev–Trinajstić information content (AvgIpc) is 2.29. The van der Waals surface area contributed by atoms with Crippen molar-refractivity contribution in [3.05, 3.63) is 40.9 Å². The summed E-state index contributed by atoms with van der Waals surface area (Å²) in [5.41, 5.74) is 1.01. The maximum atomic E-state index is 11.3. The fourth-order valence-electron chi connectivity index (χ4n) is 1.75. The van der Waals surface area contributed by atoms with Crippen LogP contribution in [0.1, 0.15) is 18.0 Å². The van der Waals surface area contributed by atoms with Gasteiger partial charge in [-0.25, -0.2) is 0 Å². The first kappa shape index (κ1) is 11.2. The minimum absolute atomic E-state index is 0.00625. The van der Waals surface area contributed by atoms with Crippen molar-refractivity contribution in [2.24, 2.45) is 0 Å². The number of benzene rings is 1. The summed E-state index contributed by atoms with van der Waals surface area (Å²) in [5, 5.41) is 2.89. The average molecular weight is 282 g/mol. The molecule has 16 heavy (non-hydrogen) atoms. The Bertz CT molecular complexity index is 431. The van der Waals surface area contributed by atoms with Gasteiger partial charge in [-0.15, -0.1) is 0 Å².